The van der Waals surface area contributed by atoms with Crippen molar-refractivity contribution in [2.75, 3.05) is 10.6 Å². The summed E-state index contributed by atoms with van der Waals surface area (Å²) >= 11 is 0. The van der Waals surface area contributed by atoms with Crippen LogP contribution in [0.3, 0.4) is 0 Å². The van der Waals surface area contributed by atoms with E-state index >= 15 is 0 Å². The van der Waals surface area contributed by atoms with Crippen LogP contribution in [0.15, 0.2) is 79.4 Å². The summed E-state index contributed by atoms with van der Waals surface area (Å²) in [7, 11) is 0. The van der Waals surface area contributed by atoms with E-state index in [0.717, 1.165) is 0 Å². The zero-order chi connectivity index (χ0) is 23.1. The van der Waals surface area contributed by atoms with Gasteiger partial charge >= 0.3 is 5.97 Å². The molecule has 3 aromatic rings. The third kappa shape index (κ3) is 5.29. The van der Waals surface area contributed by atoms with Crippen LogP contribution in [-0.2, 0) is 16.0 Å². The molecule has 3 aromatic carbocycles. The van der Waals surface area contributed by atoms with Crippen LogP contribution >= 0.6 is 0 Å². The lowest BCUT2D eigenvalue weighted by molar-refractivity contribution is -0.129. The van der Waals surface area contributed by atoms with E-state index in [2.05, 4.69) is 17.2 Å². The largest absolute Gasteiger partial charge is 0.478 e. The van der Waals surface area contributed by atoms with Crippen LogP contribution in [-0.4, -0.2) is 22.9 Å². The van der Waals surface area contributed by atoms with E-state index in [4.69, 9.17) is 0 Å². The van der Waals surface area contributed by atoms with Crippen LogP contribution in [0.5, 0.6) is 0 Å². The first-order valence-corrected chi connectivity index (χ1v) is 10.1. The molecule has 3 N–H and O–H groups in total. The first kappa shape index (κ1) is 22.5. The lowest BCUT2D eigenvalue weighted by atomic mass is 9.90. The second-order valence-corrected chi connectivity index (χ2v) is 7.29. The van der Waals surface area contributed by atoms with Gasteiger partial charge in [-0.15, -0.1) is 0 Å². The van der Waals surface area contributed by atoms with Gasteiger partial charge in [0.1, 0.15) is 5.92 Å². The Morgan fingerprint density at radius 1 is 0.875 bits per heavy atom. The van der Waals surface area contributed by atoms with E-state index in [1.807, 2.05) is 12.1 Å². The number of hydrogen-bond acceptors (Lipinski definition) is 3. The summed E-state index contributed by atoms with van der Waals surface area (Å²) in [6, 6.07) is 20.9. The second-order valence-electron chi connectivity index (χ2n) is 7.29. The molecule has 6 nitrogen and oxygen atoms in total. The Labute approximate surface area is 186 Å². The number of aromatic carboxylic acids is 1. The maximum Gasteiger partial charge on any atom is 0.336 e. The lowest BCUT2D eigenvalue weighted by Crippen LogP contribution is -2.35. The third-order valence-electron chi connectivity index (χ3n) is 5.20. The molecular weight excluding hydrogens is 404 g/mol. The third-order valence-corrected chi connectivity index (χ3v) is 5.20. The van der Waals surface area contributed by atoms with Crippen molar-refractivity contribution in [3.8, 4) is 0 Å². The van der Waals surface area contributed by atoms with Crippen molar-refractivity contribution in [2.45, 2.75) is 13.3 Å². The second kappa shape index (κ2) is 10.2. The zero-order valence-corrected chi connectivity index (χ0v) is 17.7. The van der Waals surface area contributed by atoms with E-state index in [0.29, 0.717) is 28.1 Å². The Hall–Kier alpha value is -4.19. The molecule has 0 radical (unpaired) electrons. The molecule has 0 spiro atoms. The number of amides is 2. The average Bonchev–Trinajstić information content (AvgIpc) is 2.79. The number of carboxylic acid groups (broad SMARTS) is 1. The molecule has 0 aliphatic rings. The smallest absolute Gasteiger partial charge is 0.336 e. The summed E-state index contributed by atoms with van der Waals surface area (Å²) in [5.41, 5.74) is 3.13. The van der Waals surface area contributed by atoms with Gasteiger partial charge in [-0.3, -0.25) is 9.59 Å². The number of rotatable bonds is 8. The number of nitrogens with one attached hydrogen (secondary N) is 2. The summed E-state index contributed by atoms with van der Waals surface area (Å²) in [4.78, 5) is 37.7. The molecule has 2 amide bonds. The monoisotopic (exact) mass is 428 g/mol. The molecule has 0 heterocycles. The summed E-state index contributed by atoms with van der Waals surface area (Å²) < 4.78 is 0. The number of para-hydroxylation sites is 2. The first-order chi connectivity index (χ1) is 15.4. The SMILES string of the molecule is C=Cc1c(C(=O)O)ccc(CC(C(=O)Nc2ccccc2)C(=O)Nc2ccccc2)c1C. The van der Waals surface area contributed by atoms with Crippen molar-refractivity contribution in [1.29, 1.82) is 0 Å². The van der Waals surface area contributed by atoms with E-state index in [-0.39, 0.29) is 12.0 Å². The van der Waals surface area contributed by atoms with Crippen molar-refractivity contribution in [2.24, 2.45) is 5.92 Å². The molecule has 0 bridgehead atoms. The Morgan fingerprint density at radius 3 is 1.81 bits per heavy atom. The lowest BCUT2D eigenvalue weighted by Gasteiger charge is -2.19. The topological polar surface area (TPSA) is 95.5 Å². The quantitative estimate of drug-likeness (QED) is 0.450. The van der Waals surface area contributed by atoms with Gasteiger partial charge < -0.3 is 15.7 Å². The molecule has 3 rings (SSSR count). The first-order valence-electron chi connectivity index (χ1n) is 10.1. The molecule has 0 atom stereocenters. The van der Waals surface area contributed by atoms with Crippen molar-refractivity contribution in [3.05, 3.63) is 102 Å². The van der Waals surface area contributed by atoms with E-state index in [9.17, 15) is 19.5 Å². The van der Waals surface area contributed by atoms with Gasteiger partial charge in [0.15, 0.2) is 0 Å². The summed E-state index contributed by atoms with van der Waals surface area (Å²) in [6.07, 6.45) is 1.58. The van der Waals surface area contributed by atoms with Crippen molar-refractivity contribution in [3.63, 3.8) is 0 Å². The van der Waals surface area contributed by atoms with Gasteiger partial charge in [-0.1, -0.05) is 55.1 Å². The fourth-order valence-electron chi connectivity index (χ4n) is 3.47. The molecular formula is C26H24N2O4. The molecule has 0 aromatic heterocycles. The number of carbonyl (C=O) groups excluding carboxylic acids is 2. The minimum atomic E-state index is -1.06. The standard InChI is InChI=1S/C26H24N2O4/c1-3-21-17(2)18(14-15-22(21)26(31)32)16-23(24(29)27-19-10-6-4-7-11-19)25(30)28-20-12-8-5-9-13-20/h3-15,23H,1,16H2,2H3,(H,27,29)(H,28,30)(H,31,32). The maximum absolute atomic E-state index is 13.1. The van der Waals surface area contributed by atoms with Crippen LogP contribution in [0.25, 0.3) is 6.08 Å². The minimum Gasteiger partial charge on any atom is -0.478 e. The van der Waals surface area contributed by atoms with E-state index in [1.165, 1.54) is 12.1 Å². The van der Waals surface area contributed by atoms with Gasteiger partial charge in [-0.25, -0.2) is 4.79 Å². The van der Waals surface area contributed by atoms with Gasteiger partial charge in [0, 0.05) is 11.4 Å². The Bertz CT molecular complexity index is 1090. The molecule has 32 heavy (non-hydrogen) atoms. The number of anilines is 2. The van der Waals surface area contributed by atoms with Crippen LogP contribution in [0, 0.1) is 12.8 Å². The Balaban J connectivity index is 1.93. The fraction of sp³-hybridized carbons (Fsp3) is 0.115. The Morgan fingerprint density at radius 2 is 1.38 bits per heavy atom. The van der Waals surface area contributed by atoms with Crippen LogP contribution in [0.4, 0.5) is 11.4 Å². The van der Waals surface area contributed by atoms with Crippen LogP contribution in [0.2, 0.25) is 0 Å². The zero-order valence-electron chi connectivity index (χ0n) is 17.7. The number of carbonyl (C=O) groups is 3. The van der Waals surface area contributed by atoms with Gasteiger partial charge in [0.05, 0.1) is 5.56 Å². The molecule has 0 saturated carbocycles. The highest BCUT2D eigenvalue weighted by Crippen LogP contribution is 2.24. The van der Waals surface area contributed by atoms with Crippen molar-refractivity contribution < 1.29 is 19.5 Å². The predicted molar refractivity (Wildman–Crippen MR) is 126 cm³/mol. The van der Waals surface area contributed by atoms with Gasteiger partial charge in [-0.2, -0.15) is 0 Å². The molecule has 0 aliphatic carbocycles. The van der Waals surface area contributed by atoms with Gasteiger partial charge in [0.2, 0.25) is 11.8 Å². The minimum absolute atomic E-state index is 0.101. The highest BCUT2D eigenvalue weighted by molar-refractivity contribution is 6.11. The number of benzene rings is 3. The summed E-state index contributed by atoms with van der Waals surface area (Å²) in [6.45, 7) is 5.48. The average molecular weight is 428 g/mol. The number of carboxylic acids is 1. The van der Waals surface area contributed by atoms with Crippen LogP contribution < -0.4 is 10.6 Å². The predicted octanol–water partition coefficient (Wildman–Crippen LogP) is 4.77. The van der Waals surface area contributed by atoms with Gasteiger partial charge in [-0.05, 0) is 60.4 Å². The van der Waals surface area contributed by atoms with Crippen molar-refractivity contribution >= 4 is 35.2 Å². The maximum atomic E-state index is 13.1. The van der Waals surface area contributed by atoms with Crippen LogP contribution in [0.1, 0.15) is 27.0 Å². The van der Waals surface area contributed by atoms with Gasteiger partial charge in [0.25, 0.3) is 0 Å². The summed E-state index contributed by atoms with van der Waals surface area (Å²) in [5.74, 6) is -3.00. The highest BCUT2D eigenvalue weighted by atomic mass is 16.4. The normalized spacial score (nSPS) is 10.4. The van der Waals surface area contributed by atoms with E-state index in [1.54, 1.807) is 61.5 Å². The Kier molecular flexibility index (Phi) is 7.18. The molecule has 0 unspecified atom stereocenters. The molecule has 6 heteroatoms. The number of hydrogen-bond donors (Lipinski definition) is 3. The highest BCUT2D eigenvalue weighted by Gasteiger charge is 2.28. The van der Waals surface area contributed by atoms with Crippen molar-refractivity contribution in [1.82, 2.24) is 0 Å². The molecule has 162 valence electrons. The molecule has 0 aliphatic heterocycles. The van der Waals surface area contributed by atoms with E-state index < -0.39 is 23.7 Å². The fourth-order valence-corrected chi connectivity index (χ4v) is 3.47. The molecule has 0 fully saturated rings. The molecule has 0 saturated heterocycles. The summed E-state index contributed by atoms with van der Waals surface area (Å²) in [5, 5.41) is 15.0.